The zero-order valence-electron chi connectivity index (χ0n) is 3.50. The number of halogens is 1. The van der Waals surface area contributed by atoms with Crippen molar-refractivity contribution in [2.75, 3.05) is 0 Å². The van der Waals surface area contributed by atoms with E-state index in [-0.39, 0.29) is 7.18 Å². The molecule has 0 bridgehead atoms. The zero-order valence-corrected chi connectivity index (χ0v) is 7.71. The molecule has 7 heavy (non-hydrogen) atoms. The second-order valence-electron chi connectivity index (χ2n) is 0.749. The second-order valence-corrected chi connectivity index (χ2v) is 9.92. The van der Waals surface area contributed by atoms with E-state index >= 15 is 0 Å². The minimum absolute atomic E-state index is 0.338. The standard InChI is InChI=1S/BFH5NP4/c2-3-1-7(5)6-4/h6H,4-5H2. The van der Waals surface area contributed by atoms with Gasteiger partial charge >= 0.3 is 49.4 Å². The summed E-state index contributed by atoms with van der Waals surface area (Å²) < 4.78 is 11.0. The van der Waals surface area contributed by atoms with Gasteiger partial charge in [0, 0.05) is 0 Å². The zero-order chi connectivity index (χ0) is 5.70. The van der Waals surface area contributed by atoms with E-state index in [4.69, 9.17) is 0 Å². The van der Waals surface area contributed by atoms with E-state index in [1.165, 1.54) is 6.79 Å². The topological polar surface area (TPSA) is 12.4 Å². The summed E-state index contributed by atoms with van der Waals surface area (Å²) in [6.45, 7) is 1.32. The SMILES string of the molecule is F/N=B/P(P)PP. The molecule has 0 radical (unpaired) electrons. The summed E-state index contributed by atoms with van der Waals surface area (Å²) in [7, 11) is 5.42. The number of nitrogens with zero attached hydrogens (tertiary/aromatic N) is 1. The number of rotatable bonds is 2. The fraction of sp³-hybridized carbons (Fsp3) is 0. The van der Waals surface area contributed by atoms with Crippen LogP contribution in [-0.4, -0.2) is 6.79 Å². The van der Waals surface area contributed by atoms with Gasteiger partial charge in [0.1, 0.15) is 0 Å². The van der Waals surface area contributed by atoms with E-state index in [1.807, 2.05) is 0 Å². The van der Waals surface area contributed by atoms with Crippen LogP contribution in [0.25, 0.3) is 0 Å². The third-order valence-corrected chi connectivity index (χ3v) is 9.30. The molecule has 0 saturated carbocycles. The van der Waals surface area contributed by atoms with E-state index < -0.39 is 0 Å². The van der Waals surface area contributed by atoms with Crippen molar-refractivity contribution in [2.45, 2.75) is 0 Å². The molecule has 0 N–H and O–H groups in total. The molecule has 1 nitrogen and oxygen atoms in total. The minimum atomic E-state index is -0.338. The Bertz CT molecular complexity index is 64.7. The van der Waals surface area contributed by atoms with Crippen LogP contribution in [0.5, 0.6) is 0 Å². The van der Waals surface area contributed by atoms with Crippen LogP contribution < -0.4 is 0 Å². The van der Waals surface area contributed by atoms with Crippen molar-refractivity contribution in [3.05, 3.63) is 0 Å². The predicted molar refractivity (Wildman–Crippen MR) is 43.9 cm³/mol. The summed E-state index contributed by atoms with van der Waals surface area (Å²) in [5.74, 6) is 0. The molecule has 4 atom stereocenters. The van der Waals surface area contributed by atoms with Gasteiger partial charge in [-0.1, -0.05) is 0 Å². The summed E-state index contributed by atoms with van der Waals surface area (Å²) in [5, 5.41) is 2.38. The Morgan fingerprint density at radius 2 is 2.43 bits per heavy atom. The van der Waals surface area contributed by atoms with Crippen LogP contribution in [0.4, 0.5) is 4.48 Å². The molecule has 0 aliphatic carbocycles. The first-order chi connectivity index (χ1) is 3.31. The van der Waals surface area contributed by atoms with E-state index in [9.17, 15) is 4.48 Å². The van der Waals surface area contributed by atoms with Gasteiger partial charge in [-0.25, -0.2) is 0 Å². The monoisotopic (exact) mass is 173 g/mol. The predicted octanol–water partition coefficient (Wildman–Crippen LogP) is 2.33. The molecular formula is H5BFNP4. The molecule has 0 saturated heterocycles. The molecule has 0 fully saturated rings. The van der Waals surface area contributed by atoms with Crippen LogP contribution in [-0.2, 0) is 0 Å². The molecule has 0 amide bonds. The molecule has 0 aliphatic rings. The van der Waals surface area contributed by atoms with Gasteiger partial charge < -0.3 is 0 Å². The van der Waals surface area contributed by atoms with Crippen molar-refractivity contribution in [3.63, 3.8) is 0 Å². The second kappa shape index (κ2) is 5.65. The van der Waals surface area contributed by atoms with Gasteiger partial charge in [-0.05, 0) is 0 Å². The third-order valence-electron chi connectivity index (χ3n) is 0.317. The van der Waals surface area contributed by atoms with Crippen molar-refractivity contribution in [1.82, 2.24) is 0 Å². The summed E-state index contributed by atoms with van der Waals surface area (Å²) in [4.78, 5) is 0. The molecule has 0 aromatic heterocycles. The number of hydrogen-bond donors (Lipinski definition) is 0. The van der Waals surface area contributed by atoms with Crippen molar-refractivity contribution in [3.8, 4) is 0 Å². The average Bonchev–Trinajstić information content (AvgIpc) is 1.68. The molecule has 0 aliphatic heterocycles. The van der Waals surface area contributed by atoms with E-state index in [0.29, 0.717) is 7.96 Å². The van der Waals surface area contributed by atoms with Crippen molar-refractivity contribution >= 4 is 39.8 Å². The Morgan fingerprint density at radius 1 is 1.86 bits per heavy atom. The van der Waals surface area contributed by atoms with Crippen molar-refractivity contribution < 1.29 is 4.48 Å². The quantitative estimate of drug-likeness (QED) is 0.448. The molecule has 0 aromatic rings. The summed E-state index contributed by atoms with van der Waals surface area (Å²) >= 11 is 0. The van der Waals surface area contributed by atoms with Gasteiger partial charge in [0.2, 0.25) is 0 Å². The molecule has 0 rings (SSSR count). The van der Waals surface area contributed by atoms with E-state index in [0.717, 1.165) is 0 Å². The van der Waals surface area contributed by atoms with Crippen LogP contribution in [0.3, 0.4) is 0 Å². The first-order valence-corrected chi connectivity index (χ1v) is 8.14. The molecule has 7 heteroatoms. The van der Waals surface area contributed by atoms with Crippen molar-refractivity contribution in [2.24, 2.45) is 5.12 Å². The first kappa shape index (κ1) is 8.51. The van der Waals surface area contributed by atoms with Gasteiger partial charge in [0.25, 0.3) is 0 Å². The molecular weight excluding hydrogens is 168 g/mol. The fourth-order valence-corrected chi connectivity index (χ4v) is 1.32. The van der Waals surface area contributed by atoms with Gasteiger partial charge in [-0.15, -0.1) is 0 Å². The van der Waals surface area contributed by atoms with Crippen LogP contribution in [0.15, 0.2) is 5.12 Å². The Morgan fingerprint density at radius 3 is 2.57 bits per heavy atom. The van der Waals surface area contributed by atoms with Gasteiger partial charge in [0.05, 0.1) is 0 Å². The third kappa shape index (κ3) is 5.39. The molecule has 0 heterocycles. The average molecular weight is 173 g/mol. The van der Waals surface area contributed by atoms with E-state index in [1.54, 1.807) is 0 Å². The first-order valence-electron chi connectivity index (χ1n) is 1.46. The molecule has 0 aromatic carbocycles. The van der Waals surface area contributed by atoms with Crippen LogP contribution in [0.2, 0.25) is 0 Å². The summed E-state index contributed by atoms with van der Waals surface area (Å²) in [6.07, 6.45) is 0. The van der Waals surface area contributed by atoms with Crippen LogP contribution in [0, 0.1) is 0 Å². The van der Waals surface area contributed by atoms with Crippen LogP contribution >= 0.6 is 33.0 Å². The number of hydrogen-bond acceptors (Lipinski definition) is 1. The summed E-state index contributed by atoms with van der Waals surface area (Å²) in [6, 6.07) is 0. The maximum absolute atomic E-state index is 11.0. The normalized spacial score (nSPS) is 15.9. The molecule has 4 unspecified atom stereocenters. The molecule has 0 spiro atoms. The Hall–Kier alpha value is 1.51. The van der Waals surface area contributed by atoms with Crippen molar-refractivity contribution in [1.29, 1.82) is 0 Å². The Balaban J connectivity index is 3.16. The fourth-order valence-electron chi connectivity index (χ4n) is 0.0804. The van der Waals surface area contributed by atoms with Gasteiger partial charge in [-0.3, -0.25) is 0 Å². The maximum atomic E-state index is 11.0. The van der Waals surface area contributed by atoms with Crippen LogP contribution in [0.1, 0.15) is 0 Å². The Kier molecular flexibility index (Phi) is 6.87. The van der Waals surface area contributed by atoms with E-state index in [2.05, 4.69) is 23.0 Å². The van der Waals surface area contributed by atoms with Gasteiger partial charge in [0.15, 0.2) is 0 Å². The molecule has 40 valence electrons. The Labute approximate surface area is 50.1 Å². The van der Waals surface area contributed by atoms with Gasteiger partial charge in [-0.2, -0.15) is 0 Å². The summed E-state index contributed by atoms with van der Waals surface area (Å²) in [5.41, 5.74) is 0.